The zero-order valence-corrected chi connectivity index (χ0v) is 17.0. The molecule has 1 N–H and O–H groups in total. The van der Waals surface area contributed by atoms with Crippen molar-refractivity contribution in [3.8, 4) is 5.75 Å². The predicted octanol–water partition coefficient (Wildman–Crippen LogP) is 1.94. The highest BCUT2D eigenvalue weighted by atomic mass is 32.2. The van der Waals surface area contributed by atoms with Crippen molar-refractivity contribution in [3.05, 3.63) is 24.3 Å². The molecule has 2 aliphatic rings. The fourth-order valence-corrected chi connectivity index (χ4v) is 7.22. The molecule has 28 heavy (non-hydrogen) atoms. The molecule has 2 fully saturated rings. The van der Waals surface area contributed by atoms with Crippen LogP contribution in [0.15, 0.2) is 29.3 Å². The Hall–Kier alpha value is -2.07. The van der Waals surface area contributed by atoms with E-state index in [4.69, 9.17) is 9.84 Å². The highest BCUT2D eigenvalue weighted by Crippen LogP contribution is 2.41. The molecule has 0 unspecified atom stereocenters. The minimum atomic E-state index is -3.13. The number of rotatable bonds is 7. The molecule has 1 aromatic rings. The number of carbonyl (C=O) groups excluding carboxylic acids is 1. The zero-order valence-electron chi connectivity index (χ0n) is 15.4. The second kappa shape index (κ2) is 8.52. The molecule has 1 amide bonds. The first-order chi connectivity index (χ1) is 13.3. The predicted molar refractivity (Wildman–Crippen MR) is 108 cm³/mol. The Labute approximate surface area is 167 Å². The Morgan fingerprint density at radius 1 is 1.25 bits per heavy atom. The van der Waals surface area contributed by atoms with E-state index in [1.54, 1.807) is 12.1 Å². The van der Waals surface area contributed by atoms with Gasteiger partial charge in [0.05, 0.1) is 24.2 Å². The summed E-state index contributed by atoms with van der Waals surface area (Å²) in [5, 5.41) is 8.98. The Morgan fingerprint density at radius 2 is 1.96 bits per heavy atom. The van der Waals surface area contributed by atoms with Crippen molar-refractivity contribution in [2.75, 3.05) is 23.0 Å². The lowest BCUT2D eigenvalue weighted by atomic mass is 10.2. The first kappa shape index (κ1) is 20.7. The number of sulfone groups is 1. The number of ether oxygens (including phenoxy) is 1. The van der Waals surface area contributed by atoms with Gasteiger partial charge in [-0.2, -0.15) is 4.99 Å². The number of nitrogens with zero attached hydrogens (tertiary/aromatic N) is 2. The molecule has 0 radical (unpaired) electrons. The molecule has 0 bridgehead atoms. The lowest BCUT2D eigenvalue weighted by Gasteiger charge is -2.24. The maximum atomic E-state index is 12.2. The second-order valence-corrected chi connectivity index (χ2v) is 9.99. The summed E-state index contributed by atoms with van der Waals surface area (Å²) in [7, 11) is -3.13. The van der Waals surface area contributed by atoms with Crippen molar-refractivity contribution in [2.24, 2.45) is 4.99 Å². The van der Waals surface area contributed by atoms with Crippen LogP contribution >= 0.6 is 11.8 Å². The number of fused-ring (bicyclic) bond motifs is 1. The topological polar surface area (TPSA) is 113 Å². The van der Waals surface area contributed by atoms with Crippen molar-refractivity contribution in [1.82, 2.24) is 0 Å². The minimum Gasteiger partial charge on any atom is -0.494 e. The maximum Gasteiger partial charge on any atom is 0.303 e. The molecular formula is C18H22N2O6S2. The third-order valence-electron chi connectivity index (χ3n) is 4.49. The van der Waals surface area contributed by atoms with E-state index in [1.807, 2.05) is 24.0 Å². The lowest BCUT2D eigenvalue weighted by molar-refractivity contribution is -0.137. The first-order valence-electron chi connectivity index (χ1n) is 9.01. The van der Waals surface area contributed by atoms with Crippen LogP contribution in [0.3, 0.4) is 0 Å². The van der Waals surface area contributed by atoms with Gasteiger partial charge in [-0.25, -0.2) is 8.42 Å². The lowest BCUT2D eigenvalue weighted by Crippen LogP contribution is -2.37. The summed E-state index contributed by atoms with van der Waals surface area (Å²) >= 11 is 1.30. The van der Waals surface area contributed by atoms with Crippen molar-refractivity contribution in [2.45, 2.75) is 37.5 Å². The van der Waals surface area contributed by atoms with E-state index < -0.39 is 21.7 Å². The Bertz CT molecular complexity index is 882. The fourth-order valence-electron chi connectivity index (χ4n) is 3.29. The van der Waals surface area contributed by atoms with Crippen molar-refractivity contribution >= 4 is 44.3 Å². The molecule has 0 aliphatic carbocycles. The van der Waals surface area contributed by atoms with E-state index in [1.165, 1.54) is 11.8 Å². The first-order valence-corrected chi connectivity index (χ1v) is 11.7. The SMILES string of the molecule is CCOc1ccc(N2C(=NC(=O)CCCC(=O)O)S[C@H]3CS(=O)(=O)C[C@@H]32)cc1. The summed E-state index contributed by atoms with van der Waals surface area (Å²) < 4.78 is 29.6. The van der Waals surface area contributed by atoms with Crippen LogP contribution in [-0.2, 0) is 19.4 Å². The van der Waals surface area contributed by atoms with Gasteiger partial charge in [-0.1, -0.05) is 11.8 Å². The quantitative estimate of drug-likeness (QED) is 0.704. The van der Waals surface area contributed by atoms with Crippen LogP contribution in [0.1, 0.15) is 26.2 Å². The van der Waals surface area contributed by atoms with Crippen molar-refractivity contribution in [3.63, 3.8) is 0 Å². The van der Waals surface area contributed by atoms with Gasteiger partial charge in [0.2, 0.25) is 5.91 Å². The molecule has 0 aromatic heterocycles. The van der Waals surface area contributed by atoms with E-state index in [2.05, 4.69) is 4.99 Å². The van der Waals surface area contributed by atoms with Gasteiger partial charge < -0.3 is 14.7 Å². The smallest absolute Gasteiger partial charge is 0.303 e. The van der Waals surface area contributed by atoms with Crippen LogP contribution < -0.4 is 9.64 Å². The molecule has 0 spiro atoms. The molecule has 2 heterocycles. The number of carbonyl (C=O) groups is 2. The third kappa shape index (κ3) is 4.85. The molecule has 2 aliphatic heterocycles. The molecular weight excluding hydrogens is 404 g/mol. The number of anilines is 1. The normalized spacial score (nSPS) is 24.3. The summed E-state index contributed by atoms with van der Waals surface area (Å²) in [5.74, 6) is -0.572. The van der Waals surface area contributed by atoms with E-state index in [-0.39, 0.29) is 42.1 Å². The number of carboxylic acid groups (broad SMARTS) is 1. The van der Waals surface area contributed by atoms with Crippen LogP contribution in [0.25, 0.3) is 0 Å². The monoisotopic (exact) mass is 426 g/mol. The zero-order chi connectivity index (χ0) is 20.3. The molecule has 0 saturated carbocycles. The number of thioether (sulfide) groups is 1. The summed E-state index contributed by atoms with van der Waals surface area (Å²) in [6, 6.07) is 6.96. The highest BCUT2D eigenvalue weighted by molar-refractivity contribution is 8.16. The number of aliphatic carboxylic acids is 1. The summed E-state index contributed by atoms with van der Waals surface area (Å²) in [6.07, 6.45) is 0.177. The number of hydrogen-bond acceptors (Lipinski definition) is 6. The molecule has 8 nitrogen and oxygen atoms in total. The number of carboxylic acids is 1. The number of aliphatic imine (C=N–C) groups is 1. The molecule has 2 saturated heterocycles. The minimum absolute atomic E-state index is 0.0180. The van der Waals surface area contributed by atoms with Crippen LogP contribution in [0.5, 0.6) is 5.75 Å². The van der Waals surface area contributed by atoms with Gasteiger partial charge >= 0.3 is 5.97 Å². The van der Waals surface area contributed by atoms with Crippen LogP contribution in [0.2, 0.25) is 0 Å². The molecule has 2 atom stereocenters. The Balaban J connectivity index is 1.83. The standard InChI is InChI=1S/C18H22N2O6S2/c1-2-26-13-8-6-12(7-9-13)20-14-10-28(24,25)11-15(14)27-18(20)19-16(21)4-3-5-17(22)23/h6-9,14-15H,2-5,10-11H2,1H3,(H,22,23)/t14-,15-/m0/s1. The van der Waals surface area contributed by atoms with E-state index in [0.29, 0.717) is 17.5 Å². The summed E-state index contributed by atoms with van der Waals surface area (Å²) in [6.45, 7) is 2.43. The van der Waals surface area contributed by atoms with Crippen LogP contribution in [-0.4, -0.2) is 60.0 Å². The van der Waals surface area contributed by atoms with Crippen molar-refractivity contribution < 1.29 is 27.9 Å². The van der Waals surface area contributed by atoms with E-state index >= 15 is 0 Å². The van der Waals surface area contributed by atoms with Gasteiger partial charge in [-0.05, 0) is 37.6 Å². The average Bonchev–Trinajstić information content (AvgIpc) is 3.06. The molecule has 152 valence electrons. The second-order valence-electron chi connectivity index (χ2n) is 6.63. The van der Waals surface area contributed by atoms with Crippen LogP contribution in [0.4, 0.5) is 5.69 Å². The Morgan fingerprint density at radius 3 is 2.61 bits per heavy atom. The van der Waals surface area contributed by atoms with Gasteiger partial charge in [-0.15, -0.1) is 0 Å². The third-order valence-corrected chi connectivity index (χ3v) is 7.70. The van der Waals surface area contributed by atoms with Gasteiger partial charge in [0.15, 0.2) is 15.0 Å². The van der Waals surface area contributed by atoms with Gasteiger partial charge in [0.25, 0.3) is 0 Å². The summed E-state index contributed by atoms with van der Waals surface area (Å²) in [4.78, 5) is 28.8. The number of hydrogen-bond donors (Lipinski definition) is 1. The maximum absolute atomic E-state index is 12.2. The number of amidine groups is 1. The molecule has 3 rings (SSSR count). The molecule has 1 aromatic carbocycles. The molecule has 10 heteroatoms. The van der Waals surface area contributed by atoms with E-state index in [0.717, 1.165) is 5.69 Å². The van der Waals surface area contributed by atoms with Gasteiger partial charge in [0.1, 0.15) is 5.75 Å². The Kier molecular flexibility index (Phi) is 6.29. The average molecular weight is 427 g/mol. The highest BCUT2D eigenvalue weighted by Gasteiger charge is 2.49. The van der Waals surface area contributed by atoms with E-state index in [9.17, 15) is 18.0 Å². The summed E-state index contributed by atoms with van der Waals surface area (Å²) in [5.41, 5.74) is 0.748. The largest absolute Gasteiger partial charge is 0.494 e. The fraction of sp³-hybridized carbons (Fsp3) is 0.500. The van der Waals surface area contributed by atoms with Crippen LogP contribution in [0, 0.1) is 0 Å². The van der Waals surface area contributed by atoms with Gasteiger partial charge in [-0.3, -0.25) is 9.59 Å². The van der Waals surface area contributed by atoms with Crippen molar-refractivity contribution in [1.29, 1.82) is 0 Å². The van der Waals surface area contributed by atoms with Gasteiger partial charge in [0, 0.05) is 23.8 Å². The number of amides is 1. The number of benzene rings is 1.